The number of aryl methyl sites for hydroxylation is 1. The molecule has 112 valence electrons. The number of ether oxygens (including phenoxy) is 1. The van der Waals surface area contributed by atoms with Gasteiger partial charge in [0.25, 0.3) is 5.91 Å². The first-order chi connectivity index (χ1) is 9.13. The molecule has 0 radical (unpaired) electrons. The van der Waals surface area contributed by atoms with Gasteiger partial charge in [0.2, 0.25) is 0 Å². The van der Waals surface area contributed by atoms with Crippen molar-refractivity contribution in [2.75, 3.05) is 27.2 Å². The van der Waals surface area contributed by atoms with Crippen LogP contribution in [0, 0.1) is 6.92 Å². The second-order valence-corrected chi connectivity index (χ2v) is 5.08. The van der Waals surface area contributed by atoms with Crippen LogP contribution >= 0.6 is 12.4 Å². The van der Waals surface area contributed by atoms with E-state index in [2.05, 4.69) is 5.32 Å². The molecule has 0 saturated carbocycles. The van der Waals surface area contributed by atoms with Gasteiger partial charge in [0.15, 0.2) is 0 Å². The standard InChI is InChI=1S/C15H22N2O2.ClH/c1-11-4-5-12(10-14(11)19-3)15(18)17(2)13-6-8-16-9-7-13;/h4-5,10,13,16H,6-9H2,1-3H3;1H. The zero-order valence-corrected chi connectivity index (χ0v) is 13.1. The van der Waals surface area contributed by atoms with Crippen molar-refractivity contribution in [2.24, 2.45) is 0 Å². The van der Waals surface area contributed by atoms with E-state index in [1.807, 2.05) is 37.1 Å². The summed E-state index contributed by atoms with van der Waals surface area (Å²) in [5.74, 6) is 0.842. The van der Waals surface area contributed by atoms with Gasteiger partial charge >= 0.3 is 0 Å². The number of nitrogens with one attached hydrogen (secondary N) is 1. The lowest BCUT2D eigenvalue weighted by Gasteiger charge is -2.31. The first-order valence-corrected chi connectivity index (χ1v) is 6.76. The first-order valence-electron chi connectivity index (χ1n) is 6.76. The summed E-state index contributed by atoms with van der Waals surface area (Å²) in [4.78, 5) is 14.3. The van der Waals surface area contributed by atoms with E-state index in [-0.39, 0.29) is 18.3 Å². The number of methoxy groups -OCH3 is 1. The zero-order chi connectivity index (χ0) is 13.8. The molecule has 0 bridgehead atoms. The highest BCUT2D eigenvalue weighted by molar-refractivity contribution is 5.94. The number of carbonyl (C=O) groups excluding carboxylic acids is 1. The molecule has 5 heteroatoms. The predicted molar refractivity (Wildman–Crippen MR) is 83.0 cm³/mol. The van der Waals surface area contributed by atoms with E-state index in [0.717, 1.165) is 37.2 Å². The Labute approximate surface area is 126 Å². The van der Waals surface area contributed by atoms with Crippen molar-refractivity contribution < 1.29 is 9.53 Å². The molecule has 1 amide bonds. The fraction of sp³-hybridized carbons (Fsp3) is 0.533. The monoisotopic (exact) mass is 298 g/mol. The molecule has 1 N–H and O–H groups in total. The molecule has 20 heavy (non-hydrogen) atoms. The molecule has 0 aromatic heterocycles. The van der Waals surface area contributed by atoms with Crippen molar-refractivity contribution in [2.45, 2.75) is 25.8 Å². The molecular formula is C15H23ClN2O2. The molecule has 0 atom stereocenters. The molecule has 1 aromatic carbocycles. The lowest BCUT2D eigenvalue weighted by atomic mass is 10.0. The van der Waals surface area contributed by atoms with Gasteiger partial charge in [-0.2, -0.15) is 0 Å². The van der Waals surface area contributed by atoms with Crippen LogP contribution in [0.2, 0.25) is 0 Å². The molecule has 1 aliphatic rings. The number of nitrogens with zero attached hydrogens (tertiary/aromatic N) is 1. The summed E-state index contributed by atoms with van der Waals surface area (Å²) >= 11 is 0. The molecule has 1 heterocycles. The van der Waals surface area contributed by atoms with Gasteiger partial charge < -0.3 is 15.0 Å². The summed E-state index contributed by atoms with van der Waals surface area (Å²) in [6.07, 6.45) is 2.04. The fourth-order valence-electron chi connectivity index (χ4n) is 2.52. The highest BCUT2D eigenvalue weighted by Gasteiger charge is 2.23. The van der Waals surface area contributed by atoms with Gasteiger partial charge in [-0.3, -0.25) is 4.79 Å². The molecule has 2 rings (SSSR count). The second kappa shape index (κ2) is 7.50. The van der Waals surface area contributed by atoms with Crippen molar-refractivity contribution in [3.63, 3.8) is 0 Å². The summed E-state index contributed by atoms with van der Waals surface area (Å²) < 4.78 is 5.28. The van der Waals surface area contributed by atoms with Crippen molar-refractivity contribution >= 4 is 18.3 Å². The summed E-state index contributed by atoms with van der Waals surface area (Å²) in [6.45, 7) is 3.95. The van der Waals surface area contributed by atoms with E-state index in [4.69, 9.17) is 4.74 Å². The van der Waals surface area contributed by atoms with Crippen LogP contribution in [0.15, 0.2) is 18.2 Å². The van der Waals surface area contributed by atoms with Crippen LogP contribution in [0.1, 0.15) is 28.8 Å². The van der Waals surface area contributed by atoms with E-state index in [0.29, 0.717) is 11.6 Å². The highest BCUT2D eigenvalue weighted by Crippen LogP contribution is 2.21. The van der Waals surface area contributed by atoms with Crippen LogP contribution in [-0.4, -0.2) is 44.1 Å². The third-order valence-corrected chi connectivity index (χ3v) is 3.83. The van der Waals surface area contributed by atoms with E-state index >= 15 is 0 Å². The summed E-state index contributed by atoms with van der Waals surface area (Å²) in [5, 5.41) is 3.32. The van der Waals surface area contributed by atoms with Gasteiger partial charge in [-0.05, 0) is 50.6 Å². The lowest BCUT2D eigenvalue weighted by molar-refractivity contribution is 0.0703. The maximum atomic E-state index is 12.5. The Morgan fingerprint density at radius 2 is 2.00 bits per heavy atom. The molecule has 1 saturated heterocycles. The molecule has 0 unspecified atom stereocenters. The minimum Gasteiger partial charge on any atom is -0.496 e. The van der Waals surface area contributed by atoms with Gasteiger partial charge in [0, 0.05) is 18.7 Å². The Hall–Kier alpha value is -1.26. The lowest BCUT2D eigenvalue weighted by Crippen LogP contribution is -2.43. The van der Waals surface area contributed by atoms with Crippen LogP contribution in [-0.2, 0) is 0 Å². The van der Waals surface area contributed by atoms with Crippen LogP contribution in [0.5, 0.6) is 5.75 Å². The Bertz CT molecular complexity index is 459. The van der Waals surface area contributed by atoms with Crippen LogP contribution < -0.4 is 10.1 Å². The van der Waals surface area contributed by atoms with Gasteiger partial charge in [-0.25, -0.2) is 0 Å². The number of hydrogen-bond donors (Lipinski definition) is 1. The first kappa shape index (κ1) is 16.8. The summed E-state index contributed by atoms with van der Waals surface area (Å²) in [7, 11) is 3.53. The second-order valence-electron chi connectivity index (χ2n) is 5.08. The van der Waals surface area contributed by atoms with Gasteiger partial charge in [-0.1, -0.05) is 6.07 Å². The van der Waals surface area contributed by atoms with Crippen LogP contribution in [0.4, 0.5) is 0 Å². The van der Waals surface area contributed by atoms with Gasteiger partial charge in [-0.15, -0.1) is 12.4 Å². The maximum absolute atomic E-state index is 12.5. The molecule has 0 spiro atoms. The van der Waals surface area contributed by atoms with E-state index in [1.165, 1.54) is 0 Å². The topological polar surface area (TPSA) is 41.6 Å². The van der Waals surface area contributed by atoms with Crippen molar-refractivity contribution in [1.29, 1.82) is 0 Å². The van der Waals surface area contributed by atoms with Gasteiger partial charge in [0.05, 0.1) is 7.11 Å². The molecule has 1 aliphatic heterocycles. The molecule has 0 aliphatic carbocycles. The van der Waals surface area contributed by atoms with Crippen molar-refractivity contribution in [1.82, 2.24) is 10.2 Å². The third kappa shape index (κ3) is 3.64. The van der Waals surface area contributed by atoms with Crippen LogP contribution in [0.25, 0.3) is 0 Å². The highest BCUT2D eigenvalue weighted by atomic mass is 35.5. The predicted octanol–water partition coefficient (Wildman–Crippen LogP) is 2.25. The van der Waals surface area contributed by atoms with E-state index < -0.39 is 0 Å². The quantitative estimate of drug-likeness (QED) is 0.930. The molecular weight excluding hydrogens is 276 g/mol. The number of piperidine rings is 1. The third-order valence-electron chi connectivity index (χ3n) is 3.83. The Morgan fingerprint density at radius 3 is 2.60 bits per heavy atom. The molecule has 1 aromatic rings. The number of rotatable bonds is 3. The summed E-state index contributed by atoms with van der Waals surface area (Å²) in [6, 6.07) is 5.97. The van der Waals surface area contributed by atoms with Crippen molar-refractivity contribution in [3.8, 4) is 5.75 Å². The van der Waals surface area contributed by atoms with E-state index in [9.17, 15) is 4.79 Å². The van der Waals surface area contributed by atoms with Gasteiger partial charge in [0.1, 0.15) is 5.75 Å². The Balaban J connectivity index is 0.00000200. The molecule has 1 fully saturated rings. The minimum absolute atomic E-state index is 0. The SMILES string of the molecule is COc1cc(C(=O)N(C)C2CCNCC2)ccc1C.Cl. The van der Waals surface area contributed by atoms with Crippen molar-refractivity contribution in [3.05, 3.63) is 29.3 Å². The Kier molecular flexibility index (Phi) is 6.30. The normalized spacial score (nSPS) is 15.3. The molecule has 4 nitrogen and oxygen atoms in total. The van der Waals surface area contributed by atoms with Crippen LogP contribution in [0.3, 0.4) is 0 Å². The average molecular weight is 299 g/mol. The number of halogens is 1. The fourth-order valence-corrected chi connectivity index (χ4v) is 2.52. The largest absolute Gasteiger partial charge is 0.496 e. The number of benzene rings is 1. The zero-order valence-electron chi connectivity index (χ0n) is 12.3. The number of amides is 1. The average Bonchev–Trinajstić information content (AvgIpc) is 2.47. The summed E-state index contributed by atoms with van der Waals surface area (Å²) in [5.41, 5.74) is 1.74. The maximum Gasteiger partial charge on any atom is 0.253 e. The minimum atomic E-state index is 0. The smallest absolute Gasteiger partial charge is 0.253 e. The Morgan fingerprint density at radius 1 is 1.35 bits per heavy atom. The number of hydrogen-bond acceptors (Lipinski definition) is 3. The van der Waals surface area contributed by atoms with E-state index in [1.54, 1.807) is 7.11 Å². The number of carbonyl (C=O) groups is 1.